The summed E-state index contributed by atoms with van der Waals surface area (Å²) < 4.78 is 30.6. The van der Waals surface area contributed by atoms with Gasteiger partial charge in [-0.25, -0.2) is 0 Å². The lowest BCUT2D eigenvalue weighted by Gasteiger charge is -2.28. The fourth-order valence-corrected chi connectivity index (χ4v) is 2.30. The van der Waals surface area contributed by atoms with Gasteiger partial charge >= 0.3 is 0 Å². The Bertz CT molecular complexity index is 263. The van der Waals surface area contributed by atoms with Gasteiger partial charge in [-0.15, -0.1) is 0 Å². The topological polar surface area (TPSA) is 127 Å². The first-order valence-corrected chi connectivity index (χ1v) is 5.88. The van der Waals surface area contributed by atoms with Gasteiger partial charge in [0.05, 0.1) is 13.2 Å². The second-order valence-electron chi connectivity index (χ2n) is 3.16. The lowest BCUT2D eigenvalue weighted by Crippen LogP contribution is -2.48. The average molecular weight is 243 g/mol. The largest absolute Gasteiger partial charge is 0.396 e. The van der Waals surface area contributed by atoms with E-state index in [-0.39, 0.29) is 0 Å². The summed E-state index contributed by atoms with van der Waals surface area (Å²) in [4.78, 5) is 0. The van der Waals surface area contributed by atoms with E-state index in [1.54, 1.807) is 0 Å². The first-order valence-electron chi connectivity index (χ1n) is 4.38. The molecule has 0 saturated carbocycles. The summed E-state index contributed by atoms with van der Waals surface area (Å²) in [6.45, 7) is -1.80. The molecule has 0 fully saturated rings. The van der Waals surface area contributed by atoms with Crippen LogP contribution in [0.15, 0.2) is 0 Å². The minimum Gasteiger partial charge on any atom is -0.396 e. The van der Waals surface area contributed by atoms with Crippen molar-refractivity contribution >= 4 is 10.1 Å². The third kappa shape index (κ3) is 4.01. The number of likely N-dealkylation sites (N-methyl/N-ethyl adjacent to an activating group) is 1. The molecule has 0 aliphatic heterocycles. The van der Waals surface area contributed by atoms with E-state index in [1.165, 1.54) is 7.05 Å². The summed E-state index contributed by atoms with van der Waals surface area (Å²) in [7, 11) is -2.98. The highest BCUT2D eigenvalue weighted by Gasteiger charge is 2.35. The molecule has 8 heteroatoms. The number of aliphatic hydroxyl groups excluding tert-OH is 3. The molecule has 3 unspecified atom stereocenters. The molecule has 3 atom stereocenters. The summed E-state index contributed by atoms with van der Waals surface area (Å²) in [6, 6.07) is -0.714. The van der Waals surface area contributed by atoms with E-state index in [9.17, 15) is 8.42 Å². The quantitative estimate of drug-likeness (QED) is 0.311. The maximum atomic E-state index is 10.9. The maximum Gasteiger partial charge on any atom is 0.270 e. The molecule has 0 spiro atoms. The minimum atomic E-state index is -4.45. The van der Waals surface area contributed by atoms with Crippen LogP contribution in [0.4, 0.5) is 0 Å². The normalized spacial score (nSPS) is 18.5. The van der Waals surface area contributed by atoms with Crippen molar-refractivity contribution in [1.82, 2.24) is 5.32 Å². The Morgan fingerprint density at radius 3 is 1.87 bits per heavy atom. The Balaban J connectivity index is 4.91. The van der Waals surface area contributed by atoms with E-state index >= 15 is 0 Å². The van der Waals surface area contributed by atoms with E-state index in [0.29, 0.717) is 0 Å². The minimum absolute atomic E-state index is 0.409. The molecule has 0 aromatic rings. The molecule has 7 nitrogen and oxygen atoms in total. The lowest BCUT2D eigenvalue weighted by molar-refractivity contribution is 0.121. The molecule has 0 amide bonds. The fraction of sp³-hybridized carbons (Fsp3) is 1.00. The van der Waals surface area contributed by atoms with Crippen molar-refractivity contribution in [3.05, 3.63) is 0 Å². The van der Waals surface area contributed by atoms with Crippen LogP contribution in [0.5, 0.6) is 0 Å². The van der Waals surface area contributed by atoms with Crippen molar-refractivity contribution in [2.45, 2.75) is 11.3 Å². The first-order chi connectivity index (χ1) is 6.92. The van der Waals surface area contributed by atoms with Crippen molar-refractivity contribution in [3.63, 3.8) is 0 Å². The molecule has 0 heterocycles. The number of hydrogen-bond acceptors (Lipinski definition) is 6. The summed E-state index contributed by atoms with van der Waals surface area (Å²) in [5.41, 5.74) is 0. The monoisotopic (exact) mass is 243 g/mol. The van der Waals surface area contributed by atoms with Crippen LogP contribution in [0.1, 0.15) is 0 Å². The van der Waals surface area contributed by atoms with Gasteiger partial charge in [0.2, 0.25) is 0 Å². The molecule has 5 N–H and O–H groups in total. The van der Waals surface area contributed by atoms with Crippen molar-refractivity contribution in [2.24, 2.45) is 5.92 Å². The van der Waals surface area contributed by atoms with Crippen LogP contribution in [-0.4, -0.2) is 66.5 Å². The van der Waals surface area contributed by atoms with Gasteiger partial charge in [-0.3, -0.25) is 4.55 Å². The number of hydrogen-bond donors (Lipinski definition) is 5. The summed E-state index contributed by atoms with van der Waals surface area (Å²) in [5.74, 6) is -0.972. The highest BCUT2D eigenvalue weighted by molar-refractivity contribution is 7.86. The van der Waals surface area contributed by atoms with E-state index in [2.05, 4.69) is 5.32 Å². The van der Waals surface area contributed by atoms with Gasteiger partial charge in [0.1, 0.15) is 5.25 Å². The Morgan fingerprint density at radius 1 is 1.13 bits per heavy atom. The molecule has 0 rings (SSSR count). The standard InChI is InChI=1S/C7H17NO6S/c1-8-6(3-10)5(2-9)7(4-11)15(12,13)14/h5-11H,2-4H2,1H3,(H,12,13,14). The first kappa shape index (κ1) is 14.8. The van der Waals surface area contributed by atoms with Gasteiger partial charge in [-0.05, 0) is 7.05 Å². The van der Waals surface area contributed by atoms with Crippen LogP contribution >= 0.6 is 0 Å². The molecule has 0 aliphatic carbocycles. The third-order valence-electron chi connectivity index (χ3n) is 2.34. The molecular formula is C7H17NO6S. The molecule has 0 aromatic heterocycles. The Kier molecular flexibility index (Phi) is 6.25. The predicted octanol–water partition coefficient (Wildman–Crippen LogP) is -2.58. The zero-order valence-electron chi connectivity index (χ0n) is 8.37. The molecule has 0 radical (unpaired) electrons. The molecule has 0 saturated heterocycles. The van der Waals surface area contributed by atoms with Crippen molar-refractivity contribution < 1.29 is 28.3 Å². The van der Waals surface area contributed by atoms with Crippen LogP contribution in [0.3, 0.4) is 0 Å². The zero-order chi connectivity index (χ0) is 12.1. The molecule has 0 aromatic carbocycles. The Hall–Kier alpha value is -0.250. The van der Waals surface area contributed by atoms with Gasteiger partial charge in [-0.1, -0.05) is 0 Å². The highest BCUT2D eigenvalue weighted by atomic mass is 32.2. The molecule has 92 valence electrons. The Morgan fingerprint density at radius 2 is 1.67 bits per heavy atom. The van der Waals surface area contributed by atoms with Crippen LogP contribution in [0.25, 0.3) is 0 Å². The van der Waals surface area contributed by atoms with Gasteiger partial charge < -0.3 is 20.6 Å². The summed E-state index contributed by atoms with van der Waals surface area (Å²) in [5, 5.41) is 27.8. The second-order valence-corrected chi connectivity index (χ2v) is 4.80. The van der Waals surface area contributed by atoms with Gasteiger partial charge in [0.15, 0.2) is 0 Å². The van der Waals surface area contributed by atoms with E-state index in [1.807, 2.05) is 0 Å². The van der Waals surface area contributed by atoms with E-state index in [4.69, 9.17) is 19.9 Å². The maximum absolute atomic E-state index is 10.9. The van der Waals surface area contributed by atoms with Crippen LogP contribution < -0.4 is 5.32 Å². The fourth-order valence-electron chi connectivity index (χ4n) is 1.40. The highest BCUT2D eigenvalue weighted by Crippen LogP contribution is 2.15. The predicted molar refractivity (Wildman–Crippen MR) is 52.9 cm³/mol. The van der Waals surface area contributed by atoms with Gasteiger partial charge in [-0.2, -0.15) is 8.42 Å². The smallest absolute Gasteiger partial charge is 0.270 e. The van der Waals surface area contributed by atoms with E-state index in [0.717, 1.165) is 0 Å². The van der Waals surface area contributed by atoms with Gasteiger partial charge in [0.25, 0.3) is 10.1 Å². The molecule has 0 aliphatic rings. The number of aliphatic hydroxyl groups is 3. The van der Waals surface area contributed by atoms with Crippen LogP contribution in [0, 0.1) is 5.92 Å². The van der Waals surface area contributed by atoms with Gasteiger partial charge in [0, 0.05) is 18.6 Å². The third-order valence-corrected chi connectivity index (χ3v) is 3.60. The van der Waals surface area contributed by atoms with Crippen molar-refractivity contribution in [2.75, 3.05) is 26.9 Å². The summed E-state index contributed by atoms with van der Waals surface area (Å²) in [6.07, 6.45) is 0. The van der Waals surface area contributed by atoms with Crippen LogP contribution in [0.2, 0.25) is 0 Å². The number of nitrogens with one attached hydrogen (secondary N) is 1. The molecule has 0 bridgehead atoms. The Labute approximate surface area is 88.5 Å². The lowest BCUT2D eigenvalue weighted by atomic mass is 9.97. The second kappa shape index (κ2) is 6.36. The number of rotatable bonds is 7. The summed E-state index contributed by atoms with van der Waals surface area (Å²) >= 11 is 0. The van der Waals surface area contributed by atoms with Crippen LogP contribution in [-0.2, 0) is 10.1 Å². The molecule has 15 heavy (non-hydrogen) atoms. The SMILES string of the molecule is CNC(CO)C(CO)C(CO)S(=O)(=O)O. The van der Waals surface area contributed by atoms with E-state index < -0.39 is 47.1 Å². The van der Waals surface area contributed by atoms with Crippen molar-refractivity contribution in [1.29, 1.82) is 0 Å². The van der Waals surface area contributed by atoms with Crippen molar-refractivity contribution in [3.8, 4) is 0 Å². The average Bonchev–Trinajstić information content (AvgIpc) is 2.16. The molecular weight excluding hydrogens is 226 g/mol. The zero-order valence-corrected chi connectivity index (χ0v) is 9.18.